The topological polar surface area (TPSA) is 53.6 Å². The van der Waals surface area contributed by atoms with Crippen LogP contribution in [-0.4, -0.2) is 22.1 Å². The zero-order valence-corrected chi connectivity index (χ0v) is 9.69. The van der Waals surface area contributed by atoms with Gasteiger partial charge in [-0.2, -0.15) is 5.26 Å². The summed E-state index contributed by atoms with van der Waals surface area (Å²) in [7, 11) is 0. The van der Waals surface area contributed by atoms with E-state index in [0.29, 0.717) is 12.5 Å². The molecule has 0 saturated heterocycles. The second kappa shape index (κ2) is 4.67. The van der Waals surface area contributed by atoms with Crippen molar-refractivity contribution in [3.63, 3.8) is 0 Å². The average Bonchev–Trinajstić information content (AvgIpc) is 2.83. The lowest BCUT2D eigenvalue weighted by molar-refractivity contribution is 0.400. The summed E-state index contributed by atoms with van der Waals surface area (Å²) in [5.74, 6) is 0. The van der Waals surface area contributed by atoms with Gasteiger partial charge in [0.05, 0.1) is 12.4 Å². The van der Waals surface area contributed by atoms with E-state index in [9.17, 15) is 0 Å². The molecule has 1 unspecified atom stereocenters. The Hall–Kier alpha value is -1.34. The second-order valence-electron chi connectivity index (χ2n) is 4.88. The van der Waals surface area contributed by atoms with Gasteiger partial charge in [0.1, 0.15) is 0 Å². The highest BCUT2D eigenvalue weighted by Gasteiger charge is 2.42. The van der Waals surface area contributed by atoms with E-state index in [1.807, 2.05) is 12.5 Å². The van der Waals surface area contributed by atoms with Gasteiger partial charge in [-0.1, -0.05) is 0 Å². The van der Waals surface area contributed by atoms with Crippen LogP contribution in [0.4, 0.5) is 0 Å². The summed E-state index contributed by atoms with van der Waals surface area (Å²) in [6, 6.07) is 2.71. The Kier molecular flexibility index (Phi) is 3.25. The fraction of sp³-hybridized carbons (Fsp3) is 0.667. The summed E-state index contributed by atoms with van der Waals surface area (Å²) in [6.45, 7) is 4.07. The normalized spacial score (nSPS) is 19.0. The third-order valence-corrected chi connectivity index (χ3v) is 3.28. The highest BCUT2D eigenvalue weighted by atomic mass is 15.1. The average molecular weight is 218 g/mol. The Morgan fingerprint density at radius 3 is 3.00 bits per heavy atom. The van der Waals surface area contributed by atoms with Gasteiger partial charge in [0.2, 0.25) is 0 Å². The third kappa shape index (κ3) is 2.83. The Labute approximate surface area is 96.3 Å². The molecule has 0 bridgehead atoms. The highest BCUT2D eigenvalue weighted by molar-refractivity contribution is 5.00. The number of rotatable bonds is 6. The summed E-state index contributed by atoms with van der Waals surface area (Å²) >= 11 is 0. The lowest BCUT2D eigenvalue weighted by atomic mass is 10.0. The van der Waals surface area contributed by atoms with E-state index in [0.717, 1.165) is 13.1 Å². The Morgan fingerprint density at radius 1 is 1.62 bits per heavy atom. The van der Waals surface area contributed by atoms with Crippen LogP contribution in [0, 0.1) is 16.7 Å². The number of hydrogen-bond acceptors (Lipinski definition) is 3. The first-order valence-electron chi connectivity index (χ1n) is 5.80. The molecule has 4 heteroatoms. The lowest BCUT2D eigenvalue weighted by Crippen LogP contribution is -2.34. The number of aromatic nitrogens is 2. The Bertz CT molecular complexity index is 359. The summed E-state index contributed by atoms with van der Waals surface area (Å²) in [5, 5.41) is 12.2. The van der Waals surface area contributed by atoms with E-state index in [1.54, 1.807) is 6.20 Å². The van der Waals surface area contributed by atoms with Crippen LogP contribution in [0.2, 0.25) is 0 Å². The monoisotopic (exact) mass is 218 g/mol. The molecule has 1 atom stereocenters. The summed E-state index contributed by atoms with van der Waals surface area (Å²) in [6.07, 6.45) is 8.69. The fourth-order valence-corrected chi connectivity index (χ4v) is 1.93. The molecule has 1 aromatic heterocycles. The van der Waals surface area contributed by atoms with Gasteiger partial charge in [-0.05, 0) is 25.2 Å². The highest BCUT2D eigenvalue weighted by Crippen LogP contribution is 2.47. The number of nitrogens with zero attached hydrogens (tertiary/aromatic N) is 3. The molecular weight excluding hydrogens is 200 g/mol. The largest absolute Gasteiger partial charge is 0.336 e. The van der Waals surface area contributed by atoms with Crippen molar-refractivity contribution in [1.29, 1.82) is 5.26 Å². The zero-order chi connectivity index (χ0) is 11.4. The second-order valence-corrected chi connectivity index (χ2v) is 4.88. The molecule has 1 fully saturated rings. The van der Waals surface area contributed by atoms with Crippen molar-refractivity contribution in [3.05, 3.63) is 18.7 Å². The van der Waals surface area contributed by atoms with E-state index in [1.165, 1.54) is 12.8 Å². The standard InChI is InChI=1S/C12H18N4/c1-11(8-16-7-6-14-10-16)15-9-12(2-3-12)4-5-13/h6-7,10-11,15H,2-4,8-9H2,1H3. The van der Waals surface area contributed by atoms with E-state index >= 15 is 0 Å². The molecule has 0 amide bonds. The molecule has 0 radical (unpaired) electrons. The van der Waals surface area contributed by atoms with Crippen molar-refractivity contribution in [2.24, 2.45) is 5.41 Å². The summed E-state index contributed by atoms with van der Waals surface area (Å²) < 4.78 is 2.07. The van der Waals surface area contributed by atoms with Crippen LogP contribution >= 0.6 is 0 Å². The van der Waals surface area contributed by atoms with Crippen LogP contribution in [0.3, 0.4) is 0 Å². The molecule has 1 N–H and O–H groups in total. The number of hydrogen-bond donors (Lipinski definition) is 1. The zero-order valence-electron chi connectivity index (χ0n) is 9.69. The molecule has 4 nitrogen and oxygen atoms in total. The third-order valence-electron chi connectivity index (χ3n) is 3.28. The van der Waals surface area contributed by atoms with E-state index in [2.05, 4.69) is 27.9 Å². The first-order valence-corrected chi connectivity index (χ1v) is 5.80. The Balaban J connectivity index is 1.72. The predicted octanol–water partition coefficient (Wildman–Crippen LogP) is 1.56. The number of nitriles is 1. The maximum absolute atomic E-state index is 8.72. The van der Waals surface area contributed by atoms with Crippen molar-refractivity contribution in [2.75, 3.05) is 6.54 Å². The van der Waals surface area contributed by atoms with Gasteiger partial charge >= 0.3 is 0 Å². The quantitative estimate of drug-likeness (QED) is 0.788. The molecule has 86 valence electrons. The van der Waals surface area contributed by atoms with Gasteiger partial charge in [0.25, 0.3) is 0 Å². The summed E-state index contributed by atoms with van der Waals surface area (Å²) in [4.78, 5) is 4.02. The van der Waals surface area contributed by atoms with Gasteiger partial charge in [0, 0.05) is 37.9 Å². The fourth-order valence-electron chi connectivity index (χ4n) is 1.93. The number of nitrogens with one attached hydrogen (secondary N) is 1. The van der Waals surface area contributed by atoms with Crippen LogP contribution < -0.4 is 5.32 Å². The molecule has 16 heavy (non-hydrogen) atoms. The van der Waals surface area contributed by atoms with Crippen molar-refractivity contribution in [2.45, 2.75) is 38.8 Å². The van der Waals surface area contributed by atoms with Gasteiger partial charge in [0.15, 0.2) is 0 Å². The van der Waals surface area contributed by atoms with Gasteiger partial charge < -0.3 is 9.88 Å². The molecule has 1 aliphatic carbocycles. The van der Waals surface area contributed by atoms with Crippen LogP contribution in [0.25, 0.3) is 0 Å². The first-order chi connectivity index (χ1) is 7.74. The first kappa shape index (κ1) is 11.2. The van der Waals surface area contributed by atoms with Gasteiger partial charge in [-0.25, -0.2) is 4.98 Å². The van der Waals surface area contributed by atoms with Crippen molar-refractivity contribution in [1.82, 2.24) is 14.9 Å². The van der Waals surface area contributed by atoms with Gasteiger partial charge in [-0.3, -0.25) is 0 Å². The molecule has 2 rings (SSSR count). The Morgan fingerprint density at radius 2 is 2.44 bits per heavy atom. The van der Waals surface area contributed by atoms with Crippen molar-refractivity contribution in [3.8, 4) is 6.07 Å². The SMILES string of the molecule is CC(Cn1ccnc1)NCC1(CC#N)CC1. The smallest absolute Gasteiger partial charge is 0.0946 e. The number of imidazole rings is 1. The summed E-state index contributed by atoms with van der Waals surface area (Å²) in [5.41, 5.74) is 0.290. The van der Waals surface area contributed by atoms with E-state index in [-0.39, 0.29) is 5.41 Å². The molecule has 0 spiro atoms. The molecular formula is C12H18N4. The minimum absolute atomic E-state index is 0.290. The van der Waals surface area contributed by atoms with Crippen LogP contribution in [0.5, 0.6) is 0 Å². The van der Waals surface area contributed by atoms with E-state index < -0.39 is 0 Å². The minimum atomic E-state index is 0.290. The van der Waals surface area contributed by atoms with Crippen molar-refractivity contribution < 1.29 is 0 Å². The maximum Gasteiger partial charge on any atom is 0.0946 e. The minimum Gasteiger partial charge on any atom is -0.336 e. The van der Waals surface area contributed by atoms with Crippen LogP contribution in [-0.2, 0) is 6.54 Å². The lowest BCUT2D eigenvalue weighted by Gasteiger charge is -2.18. The molecule has 1 aliphatic rings. The van der Waals surface area contributed by atoms with Gasteiger partial charge in [-0.15, -0.1) is 0 Å². The molecule has 1 saturated carbocycles. The molecule has 1 aromatic rings. The van der Waals surface area contributed by atoms with Crippen molar-refractivity contribution >= 4 is 0 Å². The molecule has 0 aromatic carbocycles. The van der Waals surface area contributed by atoms with E-state index in [4.69, 9.17) is 5.26 Å². The maximum atomic E-state index is 8.72. The predicted molar refractivity (Wildman–Crippen MR) is 61.6 cm³/mol. The molecule has 0 aliphatic heterocycles. The van der Waals surface area contributed by atoms with Crippen LogP contribution in [0.1, 0.15) is 26.2 Å². The molecule has 1 heterocycles. The van der Waals surface area contributed by atoms with Crippen LogP contribution in [0.15, 0.2) is 18.7 Å².